The Kier molecular flexibility index (Phi) is 7.23. The number of benzene rings is 2. The maximum absolute atomic E-state index is 14.1. The Morgan fingerprint density at radius 1 is 1.11 bits per heavy atom. The molecule has 0 saturated carbocycles. The molecule has 2 bridgehead atoms. The topological polar surface area (TPSA) is 117 Å². The molecule has 10 heteroatoms. The van der Waals surface area contributed by atoms with Crippen molar-refractivity contribution in [2.24, 2.45) is 17.8 Å². The van der Waals surface area contributed by atoms with Crippen molar-refractivity contribution in [3.63, 3.8) is 0 Å². The maximum atomic E-state index is 14.1. The lowest BCUT2D eigenvalue weighted by Gasteiger charge is -2.38. The number of likely N-dealkylation sites (tertiary alicyclic amines) is 1. The quantitative estimate of drug-likeness (QED) is 0.410. The molecule has 3 aliphatic rings. The molecule has 2 aromatic carbocycles. The molecular weight excluding hydrogens is 554 g/mol. The van der Waals surface area contributed by atoms with Crippen molar-refractivity contribution >= 4 is 45.0 Å². The van der Waals surface area contributed by atoms with Crippen LogP contribution in [0.4, 0.5) is 11.4 Å². The Morgan fingerprint density at radius 3 is 2.34 bits per heavy atom. The molecule has 3 aliphatic heterocycles. The summed E-state index contributed by atoms with van der Waals surface area (Å²) in [5.74, 6) is -2.24. The van der Waals surface area contributed by atoms with Crippen LogP contribution < -0.4 is 15.4 Å². The first-order chi connectivity index (χ1) is 18.2. The number of nitrogens with zero attached hydrogens (tertiary/aromatic N) is 1. The van der Waals surface area contributed by atoms with Crippen LogP contribution in [0, 0.1) is 17.8 Å². The first-order valence-electron chi connectivity index (χ1n) is 12.8. The second kappa shape index (κ2) is 10.3. The van der Waals surface area contributed by atoms with Crippen LogP contribution in [-0.2, 0) is 19.1 Å². The minimum Gasteiger partial charge on any atom is -0.497 e. The lowest BCUT2D eigenvalue weighted by Crippen LogP contribution is -2.57. The summed E-state index contributed by atoms with van der Waals surface area (Å²) in [5, 5.41) is 16.2. The predicted octanol–water partition coefficient (Wildman–Crippen LogP) is 3.04. The van der Waals surface area contributed by atoms with E-state index in [9.17, 15) is 19.5 Å². The van der Waals surface area contributed by atoms with Gasteiger partial charge in [-0.3, -0.25) is 14.4 Å². The third-order valence-corrected chi connectivity index (χ3v) is 8.84. The van der Waals surface area contributed by atoms with Crippen LogP contribution in [0.5, 0.6) is 5.75 Å². The van der Waals surface area contributed by atoms with Gasteiger partial charge in [-0.15, -0.1) is 0 Å². The zero-order valence-corrected chi connectivity index (χ0v) is 23.1. The number of anilines is 2. The Bertz CT molecular complexity index is 1210. The van der Waals surface area contributed by atoms with Gasteiger partial charge in [-0.25, -0.2) is 0 Å². The second-order valence-corrected chi connectivity index (χ2v) is 11.7. The van der Waals surface area contributed by atoms with Crippen molar-refractivity contribution in [3.8, 4) is 5.75 Å². The molecule has 202 valence electrons. The number of halogens is 1. The van der Waals surface area contributed by atoms with Crippen molar-refractivity contribution < 1.29 is 29.0 Å². The lowest BCUT2D eigenvalue weighted by molar-refractivity contribution is -0.144. The van der Waals surface area contributed by atoms with Crippen LogP contribution >= 0.6 is 15.9 Å². The number of nitrogens with one attached hydrogen (secondary N) is 2. The van der Waals surface area contributed by atoms with Crippen LogP contribution in [0.3, 0.4) is 0 Å². The van der Waals surface area contributed by atoms with Gasteiger partial charge in [0.25, 0.3) is 0 Å². The van der Waals surface area contributed by atoms with Crippen molar-refractivity contribution in [2.75, 3.05) is 24.4 Å². The smallest absolute Gasteiger partial charge is 0.250 e. The molecule has 9 nitrogen and oxygen atoms in total. The van der Waals surface area contributed by atoms with Gasteiger partial charge in [0.15, 0.2) is 0 Å². The lowest BCUT2D eigenvalue weighted by atomic mass is 9.70. The number of carbonyl (C=O) groups is 3. The summed E-state index contributed by atoms with van der Waals surface area (Å²) < 4.78 is 11.7. The molecule has 0 radical (unpaired) electrons. The molecule has 3 heterocycles. The highest BCUT2D eigenvalue weighted by molar-refractivity contribution is 9.09. The number of aliphatic hydroxyl groups excluding tert-OH is 1. The van der Waals surface area contributed by atoms with Gasteiger partial charge in [-0.1, -0.05) is 48.0 Å². The normalized spacial score (nSPS) is 30.3. The summed E-state index contributed by atoms with van der Waals surface area (Å²) in [7, 11) is 1.56. The Hall–Kier alpha value is -2.95. The molecular formula is C28H32BrN3O6. The van der Waals surface area contributed by atoms with Gasteiger partial charge in [-0.2, -0.15) is 0 Å². The fourth-order valence-corrected chi connectivity index (χ4v) is 7.22. The minimum absolute atomic E-state index is 0.135. The fraction of sp³-hybridized carbons (Fsp3) is 0.464. The van der Waals surface area contributed by atoms with E-state index in [1.807, 2.05) is 32.0 Å². The van der Waals surface area contributed by atoms with Crippen molar-refractivity contribution in [3.05, 3.63) is 54.6 Å². The van der Waals surface area contributed by atoms with Gasteiger partial charge in [0, 0.05) is 16.2 Å². The highest BCUT2D eigenvalue weighted by atomic mass is 79.9. The number of amides is 3. The summed E-state index contributed by atoms with van der Waals surface area (Å²) in [6.45, 7) is 3.47. The van der Waals surface area contributed by atoms with Crippen LogP contribution in [0.1, 0.15) is 20.3 Å². The number of rotatable bonds is 8. The number of hydrogen-bond acceptors (Lipinski definition) is 6. The Balaban J connectivity index is 1.52. The van der Waals surface area contributed by atoms with E-state index in [-0.39, 0.29) is 29.2 Å². The summed E-state index contributed by atoms with van der Waals surface area (Å²) in [4.78, 5) is 42.9. The number of methoxy groups -OCH3 is 1. The summed E-state index contributed by atoms with van der Waals surface area (Å²) in [6.07, 6.45) is -0.186. The van der Waals surface area contributed by atoms with E-state index in [1.54, 1.807) is 43.5 Å². The largest absolute Gasteiger partial charge is 0.497 e. The van der Waals surface area contributed by atoms with Crippen LogP contribution in [-0.4, -0.2) is 70.1 Å². The van der Waals surface area contributed by atoms with E-state index in [4.69, 9.17) is 9.47 Å². The third-order valence-electron chi connectivity index (χ3n) is 7.99. The Labute approximate surface area is 230 Å². The van der Waals surface area contributed by atoms with Gasteiger partial charge >= 0.3 is 0 Å². The van der Waals surface area contributed by atoms with Gasteiger partial charge in [0.05, 0.1) is 37.7 Å². The first-order valence-corrected chi connectivity index (χ1v) is 13.7. The van der Waals surface area contributed by atoms with Gasteiger partial charge < -0.3 is 30.1 Å². The second-order valence-electron chi connectivity index (χ2n) is 10.5. The van der Waals surface area contributed by atoms with Crippen molar-refractivity contribution in [2.45, 2.75) is 48.9 Å². The summed E-state index contributed by atoms with van der Waals surface area (Å²) in [6, 6.07) is 14.3. The highest BCUT2D eigenvalue weighted by Gasteiger charge is 2.77. The molecule has 3 amide bonds. The average molecular weight is 586 g/mol. The molecule has 3 N–H and O–H groups in total. The van der Waals surface area contributed by atoms with Crippen molar-refractivity contribution in [1.29, 1.82) is 0 Å². The molecule has 1 spiro atoms. The number of ether oxygens (including phenoxy) is 2. The van der Waals surface area contributed by atoms with Gasteiger partial charge in [-0.05, 0) is 48.7 Å². The molecule has 3 fully saturated rings. The van der Waals surface area contributed by atoms with E-state index >= 15 is 0 Å². The zero-order valence-electron chi connectivity index (χ0n) is 21.5. The van der Waals surface area contributed by atoms with E-state index in [2.05, 4.69) is 26.6 Å². The van der Waals surface area contributed by atoms with E-state index in [0.717, 1.165) is 0 Å². The molecule has 7 atom stereocenters. The first kappa shape index (κ1) is 26.6. The van der Waals surface area contributed by atoms with Gasteiger partial charge in [0.1, 0.15) is 17.4 Å². The molecule has 3 unspecified atom stereocenters. The monoisotopic (exact) mass is 585 g/mol. The minimum atomic E-state index is -1.21. The molecule has 0 aliphatic carbocycles. The van der Waals surface area contributed by atoms with Crippen molar-refractivity contribution in [1.82, 2.24) is 4.90 Å². The Morgan fingerprint density at radius 2 is 1.74 bits per heavy atom. The molecule has 38 heavy (non-hydrogen) atoms. The van der Waals surface area contributed by atoms with Gasteiger partial charge in [0.2, 0.25) is 17.7 Å². The standard InChI is InChI=1S/C28H32BrN3O6/c1-15(2)20(14-33)32-24(26(35)31-17-9-11-18(37-3)12-10-17)28-13-19(29)23(38-28)21(22(28)27(32)36)25(34)30-16-7-5-4-6-8-16/h4-12,15,19-24,33H,13-14H2,1-3H3,(H,30,34)(H,31,35)/t19?,20-,21-,22-,23-,24?,28?/m0/s1. The number of alkyl halides is 1. The third kappa shape index (κ3) is 4.28. The predicted molar refractivity (Wildman–Crippen MR) is 145 cm³/mol. The van der Waals surface area contributed by atoms with E-state index in [0.29, 0.717) is 23.5 Å². The number of aliphatic hydroxyl groups is 1. The maximum Gasteiger partial charge on any atom is 0.250 e. The van der Waals surface area contributed by atoms with Crippen LogP contribution in [0.25, 0.3) is 0 Å². The summed E-state index contributed by atoms with van der Waals surface area (Å²) >= 11 is 3.67. The number of fused-ring (bicyclic) bond motifs is 1. The fourth-order valence-electron chi connectivity index (χ4n) is 6.28. The molecule has 2 aromatic rings. The molecule has 3 saturated heterocycles. The number of para-hydroxylation sites is 1. The van der Waals surface area contributed by atoms with Crippen LogP contribution in [0.15, 0.2) is 54.6 Å². The SMILES string of the molecule is COc1ccc(NC(=O)C2N([C@@H](CO)C(C)C)C(=O)[C@@H]3[C@H](C(=O)Nc4ccccc4)[C@H]4OC23CC4Br)cc1. The van der Waals surface area contributed by atoms with E-state index < -0.39 is 41.5 Å². The zero-order chi connectivity index (χ0) is 27.2. The average Bonchev–Trinajstić information content (AvgIpc) is 3.49. The van der Waals surface area contributed by atoms with E-state index in [1.165, 1.54) is 4.90 Å². The highest BCUT2D eigenvalue weighted by Crippen LogP contribution is 2.60. The molecule has 0 aromatic heterocycles. The summed E-state index contributed by atoms with van der Waals surface area (Å²) in [5.41, 5.74) is -0.0607. The number of carbonyl (C=O) groups excluding carboxylic acids is 3. The van der Waals surface area contributed by atoms with Crippen LogP contribution in [0.2, 0.25) is 0 Å². The molecule has 5 rings (SSSR count). The number of hydrogen-bond donors (Lipinski definition) is 3.